The highest BCUT2D eigenvalue weighted by Gasteiger charge is 2.16. The van der Waals surface area contributed by atoms with Gasteiger partial charge < -0.3 is 14.6 Å². The van der Waals surface area contributed by atoms with Gasteiger partial charge in [-0.1, -0.05) is 296 Å². The van der Waals surface area contributed by atoms with Crippen molar-refractivity contribution < 1.29 is 24.2 Å². The molecule has 0 saturated heterocycles. The van der Waals surface area contributed by atoms with Gasteiger partial charge in [0.2, 0.25) is 0 Å². The minimum Gasteiger partial charge on any atom is -0.462 e. The summed E-state index contributed by atoms with van der Waals surface area (Å²) in [6.45, 7) is 4.18. The van der Waals surface area contributed by atoms with Gasteiger partial charge in [-0.3, -0.25) is 9.59 Å². The molecular weight excluding hydrogens is 741 g/mol. The van der Waals surface area contributed by atoms with Gasteiger partial charge in [0.25, 0.3) is 0 Å². The fraction of sp³-hybridized carbons (Fsp3) is 0.964. The van der Waals surface area contributed by atoms with Crippen LogP contribution >= 0.6 is 0 Å². The molecule has 0 aromatic carbocycles. The van der Waals surface area contributed by atoms with E-state index in [2.05, 4.69) is 13.8 Å². The van der Waals surface area contributed by atoms with E-state index in [1.807, 2.05) is 0 Å². The van der Waals surface area contributed by atoms with E-state index in [1.54, 1.807) is 0 Å². The Morgan fingerprint density at radius 1 is 0.317 bits per heavy atom. The highest BCUT2D eigenvalue weighted by atomic mass is 16.6. The van der Waals surface area contributed by atoms with Crippen LogP contribution in [0.1, 0.15) is 322 Å². The fourth-order valence-corrected chi connectivity index (χ4v) is 8.74. The van der Waals surface area contributed by atoms with Crippen LogP contribution in [0.5, 0.6) is 0 Å². The predicted octanol–water partition coefficient (Wildman–Crippen LogP) is 18.2. The third-order valence-corrected chi connectivity index (χ3v) is 12.9. The van der Waals surface area contributed by atoms with Crippen LogP contribution in [0.15, 0.2) is 0 Å². The van der Waals surface area contributed by atoms with Crippen molar-refractivity contribution >= 4 is 11.9 Å². The summed E-state index contributed by atoms with van der Waals surface area (Å²) in [5.74, 6) is -0.571. The average Bonchev–Trinajstić information content (AvgIpc) is 3.25. The van der Waals surface area contributed by atoms with E-state index < -0.39 is 6.10 Å². The molecule has 0 radical (unpaired) electrons. The SMILES string of the molecule is CCCCCCCCCCCCCCCCCCCCCCCCCCCCCCCCCCCCCC(=O)OC(CO)COC(=O)CCCCCCCCCCCCC. The minimum atomic E-state index is -0.762. The zero-order valence-electron chi connectivity index (χ0n) is 41.0. The van der Waals surface area contributed by atoms with Gasteiger partial charge in [-0.25, -0.2) is 0 Å². The summed E-state index contributed by atoms with van der Waals surface area (Å²) in [6.07, 6.45) is 62.5. The normalized spacial score (nSPS) is 12.0. The number of aliphatic hydroxyl groups is 1. The number of aliphatic hydroxyl groups excluding tert-OH is 1. The Bertz CT molecular complexity index is 830. The second kappa shape index (κ2) is 52.2. The van der Waals surface area contributed by atoms with Crippen molar-refractivity contribution in [3.05, 3.63) is 0 Å². The monoisotopic (exact) mass is 849 g/mol. The van der Waals surface area contributed by atoms with Crippen molar-refractivity contribution in [2.24, 2.45) is 0 Å². The number of carbonyl (C=O) groups excluding carboxylic acids is 2. The molecule has 0 rings (SSSR count). The molecule has 0 aliphatic heterocycles. The first-order chi connectivity index (χ1) is 29.6. The van der Waals surface area contributed by atoms with E-state index in [0.717, 1.165) is 32.1 Å². The van der Waals surface area contributed by atoms with E-state index in [-0.39, 0.29) is 25.2 Å². The van der Waals surface area contributed by atoms with Crippen molar-refractivity contribution in [2.45, 2.75) is 328 Å². The summed E-state index contributed by atoms with van der Waals surface area (Å²) >= 11 is 0. The molecule has 0 aliphatic carbocycles. The number of ether oxygens (including phenoxy) is 2. The van der Waals surface area contributed by atoms with Crippen LogP contribution in [0.2, 0.25) is 0 Å². The van der Waals surface area contributed by atoms with E-state index >= 15 is 0 Å². The van der Waals surface area contributed by atoms with Gasteiger partial charge in [-0.05, 0) is 12.8 Å². The van der Waals surface area contributed by atoms with E-state index in [9.17, 15) is 14.7 Å². The van der Waals surface area contributed by atoms with Crippen LogP contribution in [0.25, 0.3) is 0 Å². The quantitative estimate of drug-likeness (QED) is 0.0488. The van der Waals surface area contributed by atoms with Gasteiger partial charge in [0.15, 0.2) is 6.10 Å². The van der Waals surface area contributed by atoms with Crippen LogP contribution < -0.4 is 0 Å². The summed E-state index contributed by atoms with van der Waals surface area (Å²) in [5.41, 5.74) is 0. The minimum absolute atomic E-state index is 0.0567. The molecule has 60 heavy (non-hydrogen) atoms. The van der Waals surface area contributed by atoms with Gasteiger partial charge >= 0.3 is 11.9 Å². The van der Waals surface area contributed by atoms with Crippen LogP contribution in [0.3, 0.4) is 0 Å². The van der Waals surface area contributed by atoms with E-state index in [4.69, 9.17) is 9.47 Å². The average molecular weight is 849 g/mol. The van der Waals surface area contributed by atoms with Gasteiger partial charge in [0.05, 0.1) is 6.61 Å². The molecule has 1 N–H and O–H groups in total. The van der Waals surface area contributed by atoms with E-state index in [1.165, 1.54) is 263 Å². The standard InChI is InChI=1S/C55H108O5/c1-3-5-7-9-11-13-15-16-17-18-19-20-21-22-23-24-25-26-27-28-29-30-31-32-33-34-35-36-37-38-40-42-44-46-48-50-55(58)60-53(51-56)52-59-54(57)49-47-45-43-41-39-14-12-10-8-6-4-2/h53,56H,3-52H2,1-2H3. The first kappa shape index (κ1) is 58.9. The van der Waals surface area contributed by atoms with Crippen molar-refractivity contribution in [1.82, 2.24) is 0 Å². The van der Waals surface area contributed by atoms with Crippen LogP contribution in [-0.2, 0) is 19.1 Å². The summed E-state index contributed by atoms with van der Waals surface area (Å²) in [7, 11) is 0. The van der Waals surface area contributed by atoms with E-state index in [0.29, 0.717) is 12.8 Å². The number of hydrogen-bond acceptors (Lipinski definition) is 5. The number of hydrogen-bond donors (Lipinski definition) is 1. The van der Waals surface area contributed by atoms with Crippen molar-refractivity contribution in [3.63, 3.8) is 0 Å². The Kier molecular flexibility index (Phi) is 51.3. The maximum absolute atomic E-state index is 12.2. The number of esters is 2. The molecule has 0 aromatic heterocycles. The molecule has 1 atom stereocenters. The first-order valence-electron chi connectivity index (χ1n) is 27.6. The van der Waals surface area contributed by atoms with Crippen LogP contribution in [0.4, 0.5) is 0 Å². The topological polar surface area (TPSA) is 72.8 Å². The maximum atomic E-state index is 12.2. The number of unbranched alkanes of at least 4 members (excludes halogenated alkanes) is 44. The predicted molar refractivity (Wildman–Crippen MR) is 261 cm³/mol. The Balaban J connectivity index is 3.32. The van der Waals surface area contributed by atoms with Crippen molar-refractivity contribution in [3.8, 4) is 0 Å². The Morgan fingerprint density at radius 3 is 0.733 bits per heavy atom. The number of rotatable bonds is 52. The molecule has 0 aromatic rings. The van der Waals surface area contributed by atoms with Crippen molar-refractivity contribution in [1.29, 1.82) is 0 Å². The molecule has 0 aliphatic rings. The van der Waals surface area contributed by atoms with Crippen LogP contribution in [-0.4, -0.2) is 36.4 Å². The molecule has 0 amide bonds. The zero-order chi connectivity index (χ0) is 43.5. The molecule has 0 spiro atoms. The Hall–Kier alpha value is -1.10. The second-order valence-corrected chi connectivity index (χ2v) is 19.0. The Morgan fingerprint density at radius 2 is 0.517 bits per heavy atom. The molecule has 0 saturated carbocycles. The lowest BCUT2D eigenvalue weighted by Gasteiger charge is -2.15. The summed E-state index contributed by atoms with van der Waals surface area (Å²) < 4.78 is 10.7. The van der Waals surface area contributed by atoms with Gasteiger partial charge in [-0.2, -0.15) is 0 Å². The van der Waals surface area contributed by atoms with Crippen molar-refractivity contribution in [2.75, 3.05) is 13.2 Å². The second-order valence-electron chi connectivity index (χ2n) is 19.0. The lowest BCUT2D eigenvalue weighted by molar-refractivity contribution is -0.161. The third-order valence-electron chi connectivity index (χ3n) is 12.9. The van der Waals surface area contributed by atoms with Gasteiger partial charge in [0, 0.05) is 12.8 Å². The third kappa shape index (κ3) is 49.6. The molecule has 0 fully saturated rings. The zero-order valence-corrected chi connectivity index (χ0v) is 41.0. The smallest absolute Gasteiger partial charge is 0.306 e. The lowest BCUT2D eigenvalue weighted by atomic mass is 10.0. The summed E-state index contributed by atoms with van der Waals surface area (Å²) in [5, 5.41) is 9.60. The lowest BCUT2D eigenvalue weighted by Crippen LogP contribution is -2.28. The molecular formula is C55H108O5. The van der Waals surface area contributed by atoms with Gasteiger partial charge in [0.1, 0.15) is 6.61 Å². The molecule has 0 heterocycles. The maximum Gasteiger partial charge on any atom is 0.306 e. The molecule has 358 valence electrons. The summed E-state index contributed by atoms with van der Waals surface area (Å²) in [4.78, 5) is 24.3. The molecule has 5 heteroatoms. The Labute approximate surface area is 376 Å². The molecule has 5 nitrogen and oxygen atoms in total. The molecule has 1 unspecified atom stereocenters. The molecule has 0 bridgehead atoms. The highest BCUT2D eigenvalue weighted by molar-refractivity contribution is 5.70. The largest absolute Gasteiger partial charge is 0.462 e. The first-order valence-corrected chi connectivity index (χ1v) is 27.6. The summed E-state index contributed by atoms with van der Waals surface area (Å²) in [6, 6.07) is 0. The number of carbonyl (C=O) groups is 2. The van der Waals surface area contributed by atoms with Gasteiger partial charge in [-0.15, -0.1) is 0 Å². The highest BCUT2D eigenvalue weighted by Crippen LogP contribution is 2.18. The fourth-order valence-electron chi connectivity index (χ4n) is 8.74. The van der Waals surface area contributed by atoms with Crippen LogP contribution in [0, 0.1) is 0 Å².